The average Bonchev–Trinajstić information content (AvgIpc) is 1.53. The Kier molecular flexibility index (Phi) is 21.1. The number of carbonyl (C=O) groups is 7. The highest BCUT2D eigenvalue weighted by Gasteiger charge is 2.68. The van der Waals surface area contributed by atoms with Crippen LogP contribution in [0.3, 0.4) is 0 Å². The van der Waals surface area contributed by atoms with Crippen molar-refractivity contribution in [3.8, 4) is 0 Å². The SMILES string of the molecule is C/C1=C2/N[C@H]([C@H](CC(N)=O)[C@@]2(C)CCC(=O)NC[C@@H](C)OP(=O)(O)OP(=O)(O)OC[C@H]2O[C@@H](n3cnc4c(=O)[nH]c(N)nc43)[C@H](O)[C@@H]2O)[C@]2(C)NC(/C(C)=C3\N/C(=C\C4NC1[C@@H](CCC(N)=O)C4(C)C)[C@@H](CCC(N)=O)[C@]3(C)CC(N)=O)[C@@H](CCC(N)=O)[C@]2(C)CC(N)=O. The summed E-state index contributed by atoms with van der Waals surface area (Å²) < 4.78 is 47.7. The number of nitrogens with zero attached hydrogens (tertiary/aromatic N) is 3. The number of primary amides is 6. The quantitative estimate of drug-likeness (QED) is 0.0449. The van der Waals surface area contributed by atoms with Gasteiger partial charge in [-0.1, -0.05) is 34.6 Å². The lowest BCUT2D eigenvalue weighted by Crippen LogP contribution is -2.64. The lowest BCUT2D eigenvalue weighted by molar-refractivity contribution is -0.124. The molecule has 7 amide bonds. The number of phosphoric acid groups is 2. The Morgan fingerprint density at radius 3 is 1.99 bits per heavy atom. The minimum atomic E-state index is -5.55. The van der Waals surface area contributed by atoms with Gasteiger partial charge >= 0.3 is 15.6 Å². The van der Waals surface area contributed by atoms with Crippen LogP contribution in [0.25, 0.3) is 11.2 Å². The van der Waals surface area contributed by atoms with Crippen LogP contribution in [0.15, 0.2) is 45.4 Å². The van der Waals surface area contributed by atoms with Crippen molar-refractivity contribution < 1.29 is 80.8 Å². The van der Waals surface area contributed by atoms with E-state index in [4.69, 9.17) is 53.9 Å². The van der Waals surface area contributed by atoms with Gasteiger partial charge in [0.25, 0.3) is 5.56 Å². The fraction of sp³-hybridized carbons (Fsp3) is 0.690. The number of amides is 7. The fourth-order valence-corrected chi connectivity index (χ4v) is 18.5. The summed E-state index contributed by atoms with van der Waals surface area (Å²) in [5, 5.41) is 39.7. The predicted octanol–water partition coefficient (Wildman–Crippen LogP) is -1.12. The van der Waals surface area contributed by atoms with E-state index in [1.54, 1.807) is 0 Å². The van der Waals surface area contributed by atoms with E-state index in [9.17, 15) is 67.5 Å². The second-order valence-corrected chi connectivity index (χ2v) is 30.7. The molecule has 6 aliphatic heterocycles. The highest BCUT2D eigenvalue weighted by molar-refractivity contribution is 7.61. The molecule has 19 atom stereocenters. The third-order valence-electron chi connectivity index (χ3n) is 21.2. The molecule has 2 aromatic rings. The van der Waals surface area contributed by atoms with Crippen molar-refractivity contribution in [1.29, 1.82) is 0 Å². The molecule has 6 aliphatic rings. The van der Waals surface area contributed by atoms with Crippen LogP contribution >= 0.6 is 15.6 Å². The number of aromatic nitrogens is 4. The number of imidazole rings is 1. The molecule has 94 heavy (non-hydrogen) atoms. The first-order chi connectivity index (χ1) is 43.5. The van der Waals surface area contributed by atoms with Crippen LogP contribution in [0, 0.1) is 45.3 Å². The number of ether oxygens (including phenoxy) is 1. The summed E-state index contributed by atoms with van der Waals surface area (Å²) in [6.07, 6.45) is -5.44. The lowest BCUT2D eigenvalue weighted by Gasteiger charge is -2.49. The van der Waals surface area contributed by atoms with Gasteiger partial charge in [0.2, 0.25) is 47.3 Å². The van der Waals surface area contributed by atoms with E-state index in [1.165, 1.54) is 6.92 Å². The number of nitrogens with two attached hydrogens (primary N) is 7. The molecule has 2 aromatic heterocycles. The van der Waals surface area contributed by atoms with Gasteiger partial charge < -0.3 is 91.5 Å². The number of nitrogens with one attached hydrogen (secondary N) is 6. The minimum absolute atomic E-state index is 0.00629. The molecule has 0 aromatic carbocycles. The van der Waals surface area contributed by atoms with E-state index in [0.717, 1.165) is 16.5 Å². The number of anilines is 1. The number of H-pyrrole nitrogens is 1. The second-order valence-electron chi connectivity index (χ2n) is 27.7. The summed E-state index contributed by atoms with van der Waals surface area (Å²) in [6.45, 7) is 15.2. The molecule has 5 unspecified atom stereocenters. The van der Waals surface area contributed by atoms with Crippen LogP contribution in [0.4, 0.5) is 5.95 Å². The normalized spacial score (nSPS) is 36.4. The zero-order chi connectivity index (χ0) is 69.9. The Morgan fingerprint density at radius 2 is 1.38 bits per heavy atom. The Labute approximate surface area is 542 Å². The van der Waals surface area contributed by atoms with Gasteiger partial charge in [-0.2, -0.15) is 9.29 Å². The average molecular weight is 1360 g/mol. The number of aromatic amines is 1. The largest absolute Gasteiger partial charge is 0.481 e. The maximum atomic E-state index is 14.3. The van der Waals surface area contributed by atoms with Crippen molar-refractivity contribution in [2.24, 2.45) is 79.7 Å². The maximum Gasteiger partial charge on any atom is 0.481 e. The van der Waals surface area contributed by atoms with Crippen LogP contribution in [-0.2, 0) is 60.8 Å². The third kappa shape index (κ3) is 14.4. The van der Waals surface area contributed by atoms with Gasteiger partial charge in [0.05, 0.1) is 19.0 Å². The number of hydrogen-bond acceptors (Lipinski definition) is 23. The van der Waals surface area contributed by atoms with Gasteiger partial charge in [0, 0.05) is 126 Å². The molecular weight excluding hydrogens is 1270 g/mol. The van der Waals surface area contributed by atoms with Gasteiger partial charge in [-0.25, -0.2) is 14.1 Å². The Bertz CT molecular complexity index is 3620. The van der Waals surface area contributed by atoms with E-state index in [-0.39, 0.29) is 87.2 Å². The lowest BCUT2D eigenvalue weighted by atomic mass is 9.56. The Balaban J connectivity index is 1.11. The Hall–Kier alpha value is -6.68. The second kappa shape index (κ2) is 27.1. The smallest absolute Gasteiger partial charge is 0.387 e. The number of rotatable bonds is 28. The molecule has 5 fully saturated rings. The summed E-state index contributed by atoms with van der Waals surface area (Å²) in [7, 11) is -11.1. The fourth-order valence-electron chi connectivity index (χ4n) is 16.3. The maximum absolute atomic E-state index is 14.3. The molecule has 0 spiro atoms. The van der Waals surface area contributed by atoms with Gasteiger partial charge in [-0.3, -0.25) is 57.0 Å². The molecule has 0 saturated carbocycles. The van der Waals surface area contributed by atoms with Crippen molar-refractivity contribution in [3.63, 3.8) is 0 Å². The summed E-state index contributed by atoms with van der Waals surface area (Å²) in [6, 6.07) is -2.66. The molecule has 8 bridgehead atoms. The van der Waals surface area contributed by atoms with E-state index in [2.05, 4.69) is 59.7 Å². The first-order valence-electron chi connectivity index (χ1n) is 31.1. The number of aliphatic hydroxyl groups is 2. The highest BCUT2D eigenvalue weighted by Crippen LogP contribution is 2.64. The first kappa shape index (κ1) is 73.1. The van der Waals surface area contributed by atoms with Crippen LogP contribution < -0.4 is 72.3 Å². The Morgan fingerprint density at radius 1 is 0.777 bits per heavy atom. The first-order valence-corrected chi connectivity index (χ1v) is 34.1. The van der Waals surface area contributed by atoms with Crippen LogP contribution in [0.2, 0.25) is 0 Å². The summed E-state index contributed by atoms with van der Waals surface area (Å²) in [4.78, 5) is 137. The van der Waals surface area contributed by atoms with Crippen molar-refractivity contribution in [2.45, 2.75) is 193 Å². The number of phosphoric ester groups is 2. The molecule has 36 heteroatoms. The summed E-state index contributed by atoms with van der Waals surface area (Å²) >= 11 is 0. The number of aliphatic hydroxyl groups excluding tert-OH is 2. The number of carbonyl (C=O) groups excluding carboxylic acids is 7. The van der Waals surface area contributed by atoms with Crippen LogP contribution in [0.1, 0.15) is 139 Å². The molecule has 8 rings (SSSR count). The van der Waals surface area contributed by atoms with Crippen molar-refractivity contribution >= 4 is 74.1 Å². The van der Waals surface area contributed by atoms with Gasteiger partial charge in [0.1, 0.15) is 18.3 Å². The summed E-state index contributed by atoms with van der Waals surface area (Å²) in [5.74, 6) is -7.05. The topological polar surface area (TPSA) is 577 Å². The summed E-state index contributed by atoms with van der Waals surface area (Å²) in [5.41, 5.74) is 38.6. The zero-order valence-corrected chi connectivity index (χ0v) is 55.9. The number of nitrogen functional groups attached to an aromatic ring is 1. The van der Waals surface area contributed by atoms with Crippen molar-refractivity contribution in [3.05, 3.63) is 51.0 Å². The molecule has 0 radical (unpaired) electrons. The monoisotopic (exact) mass is 1360 g/mol. The molecule has 522 valence electrons. The number of fused-ring (bicyclic) bond motifs is 10. The molecule has 5 saturated heterocycles. The van der Waals surface area contributed by atoms with Crippen LogP contribution in [0.5, 0.6) is 0 Å². The van der Waals surface area contributed by atoms with E-state index >= 15 is 0 Å². The standard InChI is InChI=1S/C58H92N16O18P2/c1-25(91-94(87,88)92-93(85,86)89-23-33-45(82)46(83)52(90-33)74-24-67-44-50(74)71-53(65)72-51(44)84)22-66-41(81)16-17-55(6)31(18-38(62)78)49-58(9)57(8,21-40(64)80)30(12-15-37(61)77)43(73-58)27(3)48-56(7,20-39(63)79)28(10-13-35(59)75)32(68-48)19-34-54(4,5)29(11-14-36(60)76)42(69-34)26(2)47(55)70-49/h19,24-25,28-31,33-34,42-43,45-46,49,52,68-70,73,82-83H,10-18,20-23H2,1-9H3,(H2,59,75)(H2,60,76)(H2,61,77)(H2,62,78)(H2,63,79)(H2,64,80)(H,66,81)(H,85,86)(H,87,88)(H3,65,71,72,84)/b32-19-,47-26-,48-27-/t25-,28-,29-,30-,31+,33-,34?,42?,43?,45-,46-,49-,52-,55-,56+,57+,58+/m1/s1. The van der Waals surface area contributed by atoms with E-state index in [0.29, 0.717) is 29.1 Å². The minimum Gasteiger partial charge on any atom is -0.387 e. The molecule has 34 nitrogen and oxygen atoms in total. The predicted molar refractivity (Wildman–Crippen MR) is 336 cm³/mol. The molecule has 24 N–H and O–H groups in total. The van der Waals surface area contributed by atoms with Gasteiger partial charge in [-0.15, -0.1) is 0 Å². The van der Waals surface area contributed by atoms with Gasteiger partial charge in [-0.05, 0) is 87.9 Å². The van der Waals surface area contributed by atoms with Gasteiger partial charge in [0.15, 0.2) is 17.4 Å². The highest BCUT2D eigenvalue weighted by atomic mass is 31.3. The number of allylic oxidation sites excluding steroid dienone is 3. The molecular formula is C58H92N16O18P2. The third-order valence-corrected chi connectivity index (χ3v) is 23.9. The van der Waals surface area contributed by atoms with E-state index < -0.39 is 175 Å². The van der Waals surface area contributed by atoms with Crippen molar-refractivity contribution in [2.75, 3.05) is 18.9 Å². The van der Waals surface area contributed by atoms with E-state index in [1.807, 2.05) is 47.6 Å². The number of hydrogen-bond donors (Lipinski definition) is 17. The zero-order valence-electron chi connectivity index (χ0n) is 54.1. The molecule has 0 aliphatic carbocycles. The van der Waals surface area contributed by atoms with Crippen LogP contribution in [-0.4, -0.2) is 148 Å². The van der Waals surface area contributed by atoms with Crippen molar-refractivity contribution in [1.82, 2.24) is 46.1 Å². The molecule has 8 heterocycles.